The van der Waals surface area contributed by atoms with Crippen molar-refractivity contribution in [2.75, 3.05) is 0 Å². The van der Waals surface area contributed by atoms with E-state index in [1.54, 1.807) is 6.08 Å². The average molecular weight is 150 g/mol. The Morgan fingerprint density at radius 1 is 1.64 bits per heavy atom. The molecule has 2 unspecified atom stereocenters. The highest BCUT2D eigenvalue weighted by molar-refractivity contribution is 5.59. The lowest BCUT2D eigenvalue weighted by Crippen LogP contribution is -2.35. The molecule has 2 atom stereocenters. The van der Waals surface area contributed by atoms with Gasteiger partial charge in [0.05, 0.1) is 6.04 Å². The van der Waals surface area contributed by atoms with E-state index in [-0.39, 0.29) is 6.04 Å². The average Bonchev–Trinajstić information content (AvgIpc) is 2.04. The molecular formula is C8H10N2O. The summed E-state index contributed by atoms with van der Waals surface area (Å²) in [7, 11) is 0. The summed E-state index contributed by atoms with van der Waals surface area (Å²) in [6, 6.07) is 0.274. The second-order valence-corrected chi connectivity index (χ2v) is 2.82. The number of nitrogens with zero attached hydrogens (tertiary/aromatic N) is 1. The van der Waals surface area contributed by atoms with Crippen LogP contribution in [0.5, 0.6) is 0 Å². The van der Waals surface area contributed by atoms with Crippen LogP contribution in [0.2, 0.25) is 0 Å². The minimum atomic E-state index is 0.274. The van der Waals surface area contributed by atoms with Crippen molar-refractivity contribution in [1.29, 1.82) is 0 Å². The van der Waals surface area contributed by atoms with Crippen LogP contribution in [-0.4, -0.2) is 17.4 Å². The van der Waals surface area contributed by atoms with Crippen molar-refractivity contribution in [2.24, 2.45) is 11.0 Å². The van der Waals surface area contributed by atoms with Gasteiger partial charge in [0.1, 0.15) is 5.76 Å². The number of hydrazone groups is 1. The van der Waals surface area contributed by atoms with Gasteiger partial charge in [0, 0.05) is 12.1 Å². The Morgan fingerprint density at radius 3 is 3.45 bits per heavy atom. The van der Waals surface area contributed by atoms with Gasteiger partial charge in [-0.25, -0.2) is 0 Å². The van der Waals surface area contributed by atoms with Crippen LogP contribution in [-0.2, 0) is 0 Å². The number of allylic oxidation sites excluding steroid dienone is 1. The SMILES string of the molecule is OC1=CC2CC=NNC2C=C1. The number of aliphatic hydroxyl groups is 1. The number of aliphatic hydroxyl groups excluding tert-OH is 1. The number of fused-ring (bicyclic) bond motifs is 1. The van der Waals surface area contributed by atoms with E-state index in [0.717, 1.165) is 6.42 Å². The molecule has 0 aromatic rings. The first kappa shape index (κ1) is 6.46. The van der Waals surface area contributed by atoms with Crippen molar-refractivity contribution in [3.63, 3.8) is 0 Å². The zero-order valence-electron chi connectivity index (χ0n) is 6.07. The van der Waals surface area contributed by atoms with Crippen LogP contribution in [0.4, 0.5) is 0 Å². The van der Waals surface area contributed by atoms with Crippen LogP contribution in [0.25, 0.3) is 0 Å². The fraction of sp³-hybridized carbons (Fsp3) is 0.375. The zero-order valence-corrected chi connectivity index (χ0v) is 6.07. The van der Waals surface area contributed by atoms with Gasteiger partial charge in [0.15, 0.2) is 0 Å². The number of rotatable bonds is 0. The maximum absolute atomic E-state index is 9.15. The molecule has 11 heavy (non-hydrogen) atoms. The summed E-state index contributed by atoms with van der Waals surface area (Å²) in [5, 5.41) is 13.1. The highest BCUT2D eigenvalue weighted by Crippen LogP contribution is 2.20. The summed E-state index contributed by atoms with van der Waals surface area (Å²) in [6.07, 6.45) is 8.25. The maximum Gasteiger partial charge on any atom is 0.111 e. The monoisotopic (exact) mass is 150 g/mol. The van der Waals surface area contributed by atoms with Crippen molar-refractivity contribution in [1.82, 2.24) is 5.43 Å². The van der Waals surface area contributed by atoms with Crippen LogP contribution in [0.3, 0.4) is 0 Å². The standard InChI is InChI=1S/C8H10N2O/c11-7-1-2-8-6(5-7)3-4-9-10-8/h1-2,4-6,8,10-11H,3H2. The molecule has 0 spiro atoms. The van der Waals surface area contributed by atoms with Gasteiger partial charge >= 0.3 is 0 Å². The first-order chi connectivity index (χ1) is 5.36. The normalized spacial score (nSPS) is 34.0. The molecule has 0 bridgehead atoms. The van der Waals surface area contributed by atoms with Crippen LogP contribution >= 0.6 is 0 Å². The smallest absolute Gasteiger partial charge is 0.111 e. The topological polar surface area (TPSA) is 44.6 Å². The van der Waals surface area contributed by atoms with Crippen LogP contribution in [0.1, 0.15) is 6.42 Å². The van der Waals surface area contributed by atoms with Gasteiger partial charge < -0.3 is 10.5 Å². The molecule has 0 amide bonds. The van der Waals surface area contributed by atoms with Crippen molar-refractivity contribution in [3.05, 3.63) is 24.0 Å². The molecule has 0 saturated heterocycles. The fourth-order valence-electron chi connectivity index (χ4n) is 1.39. The van der Waals surface area contributed by atoms with Crippen molar-refractivity contribution < 1.29 is 5.11 Å². The highest BCUT2D eigenvalue weighted by Gasteiger charge is 2.21. The maximum atomic E-state index is 9.15. The van der Waals surface area contributed by atoms with Gasteiger partial charge in [-0.05, 0) is 18.6 Å². The minimum Gasteiger partial charge on any atom is -0.508 e. The molecule has 0 aromatic carbocycles. The van der Waals surface area contributed by atoms with Crippen molar-refractivity contribution in [3.8, 4) is 0 Å². The molecule has 3 heteroatoms. The Balaban J connectivity index is 2.21. The Hall–Kier alpha value is -1.25. The molecule has 58 valence electrons. The number of hydrogen-bond donors (Lipinski definition) is 2. The summed E-state index contributed by atoms with van der Waals surface area (Å²) in [5.74, 6) is 0.737. The van der Waals surface area contributed by atoms with E-state index < -0.39 is 0 Å². The van der Waals surface area contributed by atoms with Gasteiger partial charge in [0.25, 0.3) is 0 Å². The molecule has 0 fully saturated rings. The molecule has 1 heterocycles. The van der Waals surface area contributed by atoms with E-state index in [2.05, 4.69) is 10.5 Å². The quantitative estimate of drug-likeness (QED) is 0.540. The second kappa shape index (κ2) is 2.42. The minimum absolute atomic E-state index is 0.274. The largest absolute Gasteiger partial charge is 0.508 e. The Morgan fingerprint density at radius 2 is 2.55 bits per heavy atom. The predicted molar refractivity (Wildman–Crippen MR) is 43.4 cm³/mol. The number of hydrogen-bond acceptors (Lipinski definition) is 3. The lowest BCUT2D eigenvalue weighted by Gasteiger charge is -2.26. The van der Waals surface area contributed by atoms with Crippen molar-refractivity contribution in [2.45, 2.75) is 12.5 Å². The van der Waals surface area contributed by atoms with E-state index >= 15 is 0 Å². The van der Waals surface area contributed by atoms with Crippen LogP contribution in [0, 0.1) is 5.92 Å². The summed E-state index contributed by atoms with van der Waals surface area (Å²) in [5.41, 5.74) is 2.97. The zero-order chi connectivity index (χ0) is 7.68. The third kappa shape index (κ3) is 1.13. The van der Waals surface area contributed by atoms with Crippen LogP contribution < -0.4 is 5.43 Å². The van der Waals surface area contributed by atoms with Gasteiger partial charge in [-0.3, -0.25) is 0 Å². The molecule has 0 aromatic heterocycles. The van der Waals surface area contributed by atoms with E-state index in [1.165, 1.54) is 0 Å². The lowest BCUT2D eigenvalue weighted by atomic mass is 9.91. The third-order valence-electron chi connectivity index (χ3n) is 2.01. The Bertz CT molecular complexity index is 242. The van der Waals surface area contributed by atoms with Gasteiger partial charge in [-0.15, -0.1) is 0 Å². The molecule has 2 rings (SSSR count). The summed E-state index contributed by atoms with van der Waals surface area (Å²) in [4.78, 5) is 0. The molecule has 0 radical (unpaired) electrons. The van der Waals surface area contributed by atoms with Crippen molar-refractivity contribution >= 4 is 6.21 Å². The van der Waals surface area contributed by atoms with Gasteiger partial charge in [-0.1, -0.05) is 6.08 Å². The first-order valence-corrected chi connectivity index (χ1v) is 3.72. The van der Waals surface area contributed by atoms with E-state index in [4.69, 9.17) is 5.11 Å². The van der Waals surface area contributed by atoms with Gasteiger partial charge in [-0.2, -0.15) is 5.10 Å². The lowest BCUT2D eigenvalue weighted by molar-refractivity contribution is 0.395. The molecule has 2 aliphatic rings. The summed E-state index contributed by atoms with van der Waals surface area (Å²) < 4.78 is 0. The second-order valence-electron chi connectivity index (χ2n) is 2.82. The van der Waals surface area contributed by atoms with Crippen LogP contribution in [0.15, 0.2) is 29.1 Å². The summed E-state index contributed by atoms with van der Waals surface area (Å²) in [6.45, 7) is 0. The molecular weight excluding hydrogens is 140 g/mol. The Kier molecular flexibility index (Phi) is 1.42. The molecule has 0 saturated carbocycles. The fourth-order valence-corrected chi connectivity index (χ4v) is 1.39. The predicted octanol–water partition coefficient (Wildman–Crippen LogP) is 0.962. The van der Waals surface area contributed by atoms with E-state index in [1.807, 2.05) is 18.4 Å². The summed E-state index contributed by atoms with van der Waals surface area (Å²) >= 11 is 0. The van der Waals surface area contributed by atoms with E-state index in [9.17, 15) is 0 Å². The molecule has 1 aliphatic heterocycles. The molecule has 3 nitrogen and oxygen atoms in total. The Labute approximate surface area is 65.1 Å². The third-order valence-corrected chi connectivity index (χ3v) is 2.01. The first-order valence-electron chi connectivity index (χ1n) is 3.72. The number of nitrogens with one attached hydrogen (secondary N) is 1. The van der Waals surface area contributed by atoms with Gasteiger partial charge in [0.2, 0.25) is 0 Å². The van der Waals surface area contributed by atoms with E-state index in [0.29, 0.717) is 11.7 Å². The molecule has 2 N–H and O–H groups in total. The highest BCUT2D eigenvalue weighted by atomic mass is 16.3. The molecule has 1 aliphatic carbocycles.